The third kappa shape index (κ3) is 2.18. The first-order valence-electron chi connectivity index (χ1n) is 2.33. The van der Waals surface area contributed by atoms with Crippen LogP contribution < -0.4 is 0 Å². The maximum atomic E-state index is 10.9. The Morgan fingerprint density at radius 3 is 2.67 bits per heavy atom. The standard InChI is InChI=1S/C3H7O4PS/c1-8(4)3-9(5)7-2-6-8/h2-3H2,1H3. The molecule has 0 aromatic rings. The summed E-state index contributed by atoms with van der Waals surface area (Å²) in [5.74, 6) is 0. The Bertz CT molecular complexity index is 179. The van der Waals surface area contributed by atoms with E-state index in [0.29, 0.717) is 0 Å². The maximum Gasteiger partial charge on any atom is 0.216 e. The Kier molecular flexibility index (Phi) is 2.06. The van der Waals surface area contributed by atoms with E-state index >= 15 is 0 Å². The van der Waals surface area contributed by atoms with Crippen molar-refractivity contribution in [3.8, 4) is 0 Å². The third-order valence-electron chi connectivity index (χ3n) is 0.845. The number of hydrogen-bond donors (Lipinski definition) is 0. The van der Waals surface area contributed by atoms with Crippen LogP contribution in [0.3, 0.4) is 0 Å². The van der Waals surface area contributed by atoms with Gasteiger partial charge in [-0.1, -0.05) is 0 Å². The molecule has 1 rings (SSSR count). The van der Waals surface area contributed by atoms with Gasteiger partial charge in [0.15, 0.2) is 17.9 Å². The van der Waals surface area contributed by atoms with Crippen molar-refractivity contribution in [3.05, 3.63) is 0 Å². The highest BCUT2D eigenvalue weighted by Gasteiger charge is 2.25. The average Bonchev–Trinajstić information content (AvgIpc) is 1.60. The molecule has 2 unspecified atom stereocenters. The SMILES string of the molecule is CP1(=O)CS(=O)OCO1. The van der Waals surface area contributed by atoms with Crippen molar-refractivity contribution in [2.24, 2.45) is 0 Å². The fraction of sp³-hybridized carbons (Fsp3) is 1.00. The Morgan fingerprint density at radius 1 is 1.67 bits per heavy atom. The Hall–Kier alpha value is 0.300. The summed E-state index contributed by atoms with van der Waals surface area (Å²) in [5.41, 5.74) is 0.0208. The van der Waals surface area contributed by atoms with Crippen LogP contribution in [0.5, 0.6) is 0 Å². The van der Waals surface area contributed by atoms with Crippen molar-refractivity contribution in [1.29, 1.82) is 0 Å². The van der Waals surface area contributed by atoms with Gasteiger partial charge in [0, 0.05) is 6.66 Å². The summed E-state index contributed by atoms with van der Waals surface area (Å²) in [6.45, 7) is 1.34. The lowest BCUT2D eigenvalue weighted by atomic mass is 11.6. The molecule has 1 saturated heterocycles. The van der Waals surface area contributed by atoms with Gasteiger partial charge in [0.1, 0.15) is 5.49 Å². The zero-order chi connectivity index (χ0) is 6.91. The third-order valence-corrected chi connectivity index (χ3v) is 4.58. The first-order chi connectivity index (χ1) is 4.10. The van der Waals surface area contributed by atoms with E-state index in [0.717, 1.165) is 0 Å². The topological polar surface area (TPSA) is 52.6 Å². The molecular formula is C3H7O4PS. The van der Waals surface area contributed by atoms with Crippen LogP contribution in [0.2, 0.25) is 0 Å². The van der Waals surface area contributed by atoms with E-state index in [-0.39, 0.29) is 12.3 Å². The second-order valence-electron chi connectivity index (χ2n) is 1.81. The summed E-state index contributed by atoms with van der Waals surface area (Å²) in [7, 11) is -2.57. The van der Waals surface area contributed by atoms with Crippen LogP contribution in [-0.4, -0.2) is 23.2 Å². The molecule has 0 aromatic heterocycles. The Balaban J connectivity index is 2.62. The van der Waals surface area contributed by atoms with E-state index in [9.17, 15) is 8.77 Å². The molecule has 0 radical (unpaired) electrons. The summed E-state index contributed by atoms with van der Waals surface area (Å²) >= 11 is -1.40. The zero-order valence-electron chi connectivity index (χ0n) is 4.90. The average molecular weight is 170 g/mol. The smallest absolute Gasteiger partial charge is 0.216 e. The van der Waals surface area contributed by atoms with E-state index in [2.05, 4.69) is 8.71 Å². The lowest BCUT2D eigenvalue weighted by Crippen LogP contribution is -2.13. The van der Waals surface area contributed by atoms with Crippen LogP contribution in [0.15, 0.2) is 0 Å². The van der Waals surface area contributed by atoms with E-state index in [1.165, 1.54) is 6.66 Å². The largest absolute Gasteiger partial charge is 0.299 e. The van der Waals surface area contributed by atoms with Gasteiger partial charge >= 0.3 is 0 Å². The summed E-state index contributed by atoms with van der Waals surface area (Å²) < 4.78 is 30.6. The molecule has 2 atom stereocenters. The van der Waals surface area contributed by atoms with Gasteiger partial charge in [-0.15, -0.1) is 0 Å². The van der Waals surface area contributed by atoms with Crippen LogP contribution in [0, 0.1) is 0 Å². The molecule has 0 amide bonds. The molecule has 6 heteroatoms. The highest BCUT2D eigenvalue weighted by molar-refractivity contribution is 7.89. The maximum absolute atomic E-state index is 10.9. The second-order valence-corrected chi connectivity index (χ2v) is 5.97. The van der Waals surface area contributed by atoms with E-state index in [4.69, 9.17) is 0 Å². The van der Waals surface area contributed by atoms with E-state index < -0.39 is 18.4 Å². The molecule has 4 nitrogen and oxygen atoms in total. The van der Waals surface area contributed by atoms with Crippen molar-refractivity contribution in [1.82, 2.24) is 0 Å². The highest BCUT2D eigenvalue weighted by Crippen LogP contribution is 2.45. The zero-order valence-corrected chi connectivity index (χ0v) is 6.61. The fourth-order valence-electron chi connectivity index (χ4n) is 0.453. The summed E-state index contributed by atoms with van der Waals surface area (Å²) in [4.78, 5) is 0. The molecule has 1 aliphatic rings. The summed E-state index contributed by atoms with van der Waals surface area (Å²) in [6.07, 6.45) is 0. The normalized spacial score (nSPS) is 44.8. The van der Waals surface area contributed by atoms with Crippen molar-refractivity contribution >= 4 is 18.4 Å². The van der Waals surface area contributed by atoms with Crippen LogP contribution in [-0.2, 0) is 24.4 Å². The van der Waals surface area contributed by atoms with Gasteiger partial charge in [0.05, 0.1) is 0 Å². The number of hydrogen-bond acceptors (Lipinski definition) is 4. The van der Waals surface area contributed by atoms with Crippen LogP contribution in [0.1, 0.15) is 0 Å². The molecule has 1 fully saturated rings. The van der Waals surface area contributed by atoms with Gasteiger partial charge in [0.25, 0.3) is 0 Å². The second kappa shape index (κ2) is 2.50. The van der Waals surface area contributed by atoms with Gasteiger partial charge in [-0.2, -0.15) is 0 Å². The monoisotopic (exact) mass is 170 g/mol. The predicted molar refractivity (Wildman–Crippen MR) is 33.6 cm³/mol. The molecule has 1 aliphatic heterocycles. The molecular weight excluding hydrogens is 163 g/mol. The Morgan fingerprint density at radius 2 is 2.33 bits per heavy atom. The lowest BCUT2D eigenvalue weighted by Gasteiger charge is -2.17. The Labute approximate surface area is 55.6 Å². The molecule has 0 saturated carbocycles. The first kappa shape index (κ1) is 7.41. The lowest BCUT2D eigenvalue weighted by molar-refractivity contribution is 0.131. The van der Waals surface area contributed by atoms with Crippen LogP contribution in [0.25, 0.3) is 0 Å². The predicted octanol–water partition coefficient (Wildman–Crippen LogP) is 0.520. The molecule has 9 heavy (non-hydrogen) atoms. The van der Waals surface area contributed by atoms with E-state index in [1.54, 1.807) is 0 Å². The van der Waals surface area contributed by atoms with Crippen molar-refractivity contribution in [3.63, 3.8) is 0 Å². The molecule has 0 bridgehead atoms. The summed E-state index contributed by atoms with van der Waals surface area (Å²) in [6, 6.07) is 0. The fourth-order valence-corrected chi connectivity index (χ4v) is 3.08. The molecule has 54 valence electrons. The van der Waals surface area contributed by atoms with Gasteiger partial charge in [-0.25, -0.2) is 4.21 Å². The van der Waals surface area contributed by atoms with Crippen LogP contribution >= 0.6 is 7.37 Å². The van der Waals surface area contributed by atoms with Crippen LogP contribution in [0.4, 0.5) is 0 Å². The van der Waals surface area contributed by atoms with Crippen molar-refractivity contribution in [2.75, 3.05) is 19.0 Å². The molecule has 1 heterocycles. The highest BCUT2D eigenvalue weighted by atomic mass is 32.2. The molecule has 0 aliphatic carbocycles. The van der Waals surface area contributed by atoms with Gasteiger partial charge in [0.2, 0.25) is 7.37 Å². The van der Waals surface area contributed by atoms with E-state index in [1.807, 2.05) is 0 Å². The molecule has 0 aromatic carbocycles. The molecule has 0 spiro atoms. The van der Waals surface area contributed by atoms with Crippen molar-refractivity contribution in [2.45, 2.75) is 0 Å². The minimum absolute atomic E-state index is 0.0208. The minimum Gasteiger partial charge on any atom is -0.299 e. The number of rotatable bonds is 0. The first-order valence-corrected chi connectivity index (χ1v) is 5.83. The molecule has 0 N–H and O–H groups in total. The van der Waals surface area contributed by atoms with Gasteiger partial charge in [-0.3, -0.25) is 13.3 Å². The van der Waals surface area contributed by atoms with Gasteiger partial charge in [-0.05, 0) is 0 Å². The quantitative estimate of drug-likeness (QED) is 0.497. The van der Waals surface area contributed by atoms with Gasteiger partial charge < -0.3 is 0 Å². The van der Waals surface area contributed by atoms with Crippen molar-refractivity contribution < 1.29 is 17.5 Å². The minimum atomic E-state index is -2.57. The summed E-state index contributed by atoms with van der Waals surface area (Å²) in [5, 5.41) is 0.